The second-order valence-corrected chi connectivity index (χ2v) is 9.60. The van der Waals surface area contributed by atoms with Gasteiger partial charge in [-0.2, -0.15) is 0 Å². The van der Waals surface area contributed by atoms with E-state index in [1.807, 2.05) is 0 Å². The van der Waals surface area contributed by atoms with Gasteiger partial charge in [0.15, 0.2) is 5.41 Å². The Bertz CT molecular complexity index is 559. The zero-order chi connectivity index (χ0) is 23.5. The molecule has 1 atom stereocenters. The van der Waals surface area contributed by atoms with Crippen LogP contribution in [0.25, 0.3) is 0 Å². The molecule has 1 fully saturated rings. The summed E-state index contributed by atoms with van der Waals surface area (Å²) >= 11 is 0. The minimum atomic E-state index is -1.44. The van der Waals surface area contributed by atoms with Crippen molar-refractivity contribution < 1.29 is 28.6 Å². The molecule has 0 aromatic carbocycles. The molecule has 0 spiro atoms. The summed E-state index contributed by atoms with van der Waals surface area (Å²) in [6.07, 6.45) is 8.45. The average molecular weight is 442 g/mol. The molecule has 7 nitrogen and oxygen atoms in total. The first-order chi connectivity index (χ1) is 14.6. The van der Waals surface area contributed by atoms with Crippen LogP contribution in [0.4, 0.5) is 0 Å². The maximum Gasteiger partial charge on any atom is 0.323 e. The molecule has 1 saturated carbocycles. The topological polar surface area (TPSA) is 105 Å². The second-order valence-electron chi connectivity index (χ2n) is 9.60. The van der Waals surface area contributed by atoms with E-state index >= 15 is 0 Å². The Morgan fingerprint density at radius 3 is 1.97 bits per heavy atom. The molecule has 0 radical (unpaired) electrons. The fourth-order valence-electron chi connectivity index (χ4n) is 4.22. The van der Waals surface area contributed by atoms with Crippen molar-refractivity contribution in [1.29, 1.82) is 0 Å². The van der Waals surface area contributed by atoms with E-state index in [0.29, 0.717) is 12.3 Å². The van der Waals surface area contributed by atoms with E-state index in [1.165, 1.54) is 32.1 Å². The molecule has 180 valence electrons. The highest BCUT2D eigenvalue weighted by Crippen LogP contribution is 2.37. The first kappa shape index (κ1) is 27.4. The highest BCUT2D eigenvalue weighted by molar-refractivity contribution is 6.00. The van der Waals surface area contributed by atoms with Gasteiger partial charge in [0.25, 0.3) is 0 Å². The summed E-state index contributed by atoms with van der Waals surface area (Å²) in [4.78, 5) is 38.3. The largest absolute Gasteiger partial charge is 0.465 e. The summed E-state index contributed by atoms with van der Waals surface area (Å²) < 4.78 is 15.9. The van der Waals surface area contributed by atoms with Gasteiger partial charge in [0.1, 0.15) is 11.6 Å². The van der Waals surface area contributed by atoms with E-state index in [-0.39, 0.29) is 26.1 Å². The van der Waals surface area contributed by atoms with E-state index in [9.17, 15) is 14.4 Å². The SMILES string of the molecule is CCOC(=O)C(CCCC1CCCCC1)(CCC(N)C(=O)OC(C)(C)C)C(=O)OCC. The van der Waals surface area contributed by atoms with Crippen LogP contribution in [0.1, 0.15) is 98.8 Å². The van der Waals surface area contributed by atoms with Gasteiger partial charge in [0.05, 0.1) is 13.2 Å². The number of carbonyl (C=O) groups excluding carboxylic acids is 3. The lowest BCUT2D eigenvalue weighted by atomic mass is 9.76. The van der Waals surface area contributed by atoms with Crippen molar-refractivity contribution in [2.45, 2.75) is 110 Å². The lowest BCUT2D eigenvalue weighted by Crippen LogP contribution is -2.45. The first-order valence-corrected chi connectivity index (χ1v) is 11.9. The van der Waals surface area contributed by atoms with Crippen LogP contribution in [0, 0.1) is 11.3 Å². The lowest BCUT2D eigenvalue weighted by molar-refractivity contribution is -0.174. The van der Waals surface area contributed by atoms with Crippen molar-refractivity contribution in [3.05, 3.63) is 0 Å². The molecule has 0 amide bonds. The van der Waals surface area contributed by atoms with Crippen LogP contribution >= 0.6 is 0 Å². The van der Waals surface area contributed by atoms with Gasteiger partial charge in [-0.1, -0.05) is 44.9 Å². The fraction of sp³-hybridized carbons (Fsp3) is 0.875. The lowest BCUT2D eigenvalue weighted by Gasteiger charge is -2.31. The molecular formula is C24H43NO6. The maximum absolute atomic E-state index is 13.0. The first-order valence-electron chi connectivity index (χ1n) is 11.9. The molecule has 0 aromatic rings. The number of rotatable bonds is 12. The van der Waals surface area contributed by atoms with Gasteiger partial charge in [-0.3, -0.25) is 14.4 Å². The highest BCUT2D eigenvalue weighted by Gasteiger charge is 2.48. The molecule has 1 aliphatic rings. The van der Waals surface area contributed by atoms with Gasteiger partial charge < -0.3 is 19.9 Å². The van der Waals surface area contributed by atoms with Gasteiger partial charge >= 0.3 is 17.9 Å². The number of nitrogens with two attached hydrogens (primary N) is 1. The van der Waals surface area contributed by atoms with Crippen molar-refractivity contribution in [1.82, 2.24) is 0 Å². The second kappa shape index (κ2) is 13.0. The van der Waals surface area contributed by atoms with Crippen LogP contribution in [0.15, 0.2) is 0 Å². The summed E-state index contributed by atoms with van der Waals surface area (Å²) in [5, 5.41) is 0. The van der Waals surface area contributed by atoms with Crippen LogP contribution in [0.5, 0.6) is 0 Å². The Kier molecular flexibility index (Phi) is 11.5. The molecule has 0 bridgehead atoms. The van der Waals surface area contributed by atoms with E-state index in [0.717, 1.165) is 12.8 Å². The van der Waals surface area contributed by atoms with Crippen LogP contribution in [0.3, 0.4) is 0 Å². The molecule has 1 rings (SSSR count). The summed E-state index contributed by atoms with van der Waals surface area (Å²) in [6, 6.07) is -0.930. The smallest absolute Gasteiger partial charge is 0.323 e. The predicted octanol–water partition coefficient (Wildman–Crippen LogP) is 4.30. The summed E-state index contributed by atoms with van der Waals surface area (Å²) in [7, 11) is 0. The van der Waals surface area contributed by atoms with Gasteiger partial charge in [-0.25, -0.2) is 0 Å². The Hall–Kier alpha value is -1.63. The van der Waals surface area contributed by atoms with Crippen molar-refractivity contribution in [3.8, 4) is 0 Å². The van der Waals surface area contributed by atoms with Crippen molar-refractivity contribution >= 4 is 17.9 Å². The fourth-order valence-corrected chi connectivity index (χ4v) is 4.22. The monoisotopic (exact) mass is 441 g/mol. The standard InChI is InChI=1S/C24H43NO6/c1-6-29-21(27)24(22(28)30-7-2,16-11-14-18-12-9-8-10-13-18)17-15-19(25)20(26)31-23(3,4)5/h18-19H,6-17,25H2,1-5H3. The third-order valence-corrected chi connectivity index (χ3v) is 5.86. The minimum absolute atomic E-state index is 0.0930. The molecule has 0 aromatic heterocycles. The zero-order valence-corrected chi connectivity index (χ0v) is 20.2. The molecule has 31 heavy (non-hydrogen) atoms. The number of hydrogen-bond acceptors (Lipinski definition) is 7. The third kappa shape index (κ3) is 9.17. The maximum atomic E-state index is 13.0. The number of carbonyl (C=O) groups is 3. The van der Waals surface area contributed by atoms with Gasteiger partial charge in [0, 0.05) is 0 Å². The normalized spacial score (nSPS) is 16.5. The van der Waals surface area contributed by atoms with Gasteiger partial charge in [-0.05, 0) is 59.8 Å². The van der Waals surface area contributed by atoms with Gasteiger partial charge in [-0.15, -0.1) is 0 Å². The Morgan fingerprint density at radius 2 is 1.48 bits per heavy atom. The number of hydrogen-bond donors (Lipinski definition) is 1. The average Bonchev–Trinajstić information content (AvgIpc) is 2.70. The van der Waals surface area contributed by atoms with Crippen LogP contribution in [-0.4, -0.2) is 42.8 Å². The predicted molar refractivity (Wildman–Crippen MR) is 119 cm³/mol. The Balaban J connectivity index is 2.94. The number of esters is 3. The van der Waals surface area contributed by atoms with E-state index in [1.54, 1.807) is 34.6 Å². The van der Waals surface area contributed by atoms with Crippen LogP contribution in [0.2, 0.25) is 0 Å². The van der Waals surface area contributed by atoms with E-state index in [2.05, 4.69) is 0 Å². The molecule has 2 N–H and O–H groups in total. The third-order valence-electron chi connectivity index (χ3n) is 5.86. The summed E-state index contributed by atoms with van der Waals surface area (Å²) in [5.74, 6) is -1.09. The Labute approximate surface area is 187 Å². The van der Waals surface area contributed by atoms with Crippen LogP contribution < -0.4 is 5.73 Å². The van der Waals surface area contributed by atoms with E-state index in [4.69, 9.17) is 19.9 Å². The molecule has 1 aliphatic carbocycles. The summed E-state index contributed by atoms with van der Waals surface area (Å²) in [6.45, 7) is 9.06. The quantitative estimate of drug-likeness (QED) is 0.273. The molecular weight excluding hydrogens is 398 g/mol. The molecule has 1 unspecified atom stereocenters. The minimum Gasteiger partial charge on any atom is -0.465 e. The van der Waals surface area contributed by atoms with Crippen molar-refractivity contribution in [2.24, 2.45) is 17.1 Å². The van der Waals surface area contributed by atoms with E-state index < -0.39 is 35.0 Å². The van der Waals surface area contributed by atoms with Crippen LogP contribution in [-0.2, 0) is 28.6 Å². The summed E-state index contributed by atoms with van der Waals surface area (Å²) in [5.41, 5.74) is 3.94. The van der Waals surface area contributed by atoms with Crippen molar-refractivity contribution in [3.63, 3.8) is 0 Å². The van der Waals surface area contributed by atoms with Gasteiger partial charge in [0.2, 0.25) is 0 Å². The molecule has 0 heterocycles. The van der Waals surface area contributed by atoms with Crippen molar-refractivity contribution in [2.75, 3.05) is 13.2 Å². The molecule has 0 saturated heterocycles. The Morgan fingerprint density at radius 1 is 0.935 bits per heavy atom. The molecule has 7 heteroatoms. The molecule has 0 aliphatic heterocycles. The number of ether oxygens (including phenoxy) is 3. The zero-order valence-electron chi connectivity index (χ0n) is 20.2. The highest BCUT2D eigenvalue weighted by atomic mass is 16.6.